The minimum absolute atomic E-state index is 0.415. The fraction of sp³-hybridized carbons (Fsp3) is 0.533. The molecule has 4 heteroatoms. The van der Waals surface area contributed by atoms with Crippen LogP contribution >= 0.6 is 0 Å². The summed E-state index contributed by atoms with van der Waals surface area (Å²) in [5.41, 5.74) is 11.5. The molecule has 4 N–H and O–H groups in total. The summed E-state index contributed by atoms with van der Waals surface area (Å²) in [6.45, 7) is 1.45. The molecular formula is C15H22N2O2. The van der Waals surface area contributed by atoms with Crippen molar-refractivity contribution in [3.05, 3.63) is 29.8 Å². The molecule has 19 heavy (non-hydrogen) atoms. The van der Waals surface area contributed by atoms with Crippen molar-refractivity contribution >= 4 is 5.91 Å². The predicted molar refractivity (Wildman–Crippen MR) is 75.0 cm³/mol. The quantitative estimate of drug-likeness (QED) is 0.851. The van der Waals surface area contributed by atoms with E-state index in [1.54, 1.807) is 24.3 Å². The Morgan fingerprint density at radius 3 is 2.37 bits per heavy atom. The highest BCUT2D eigenvalue weighted by Crippen LogP contribution is 2.29. The Bertz CT molecular complexity index is 417. The van der Waals surface area contributed by atoms with Crippen LogP contribution in [-0.2, 0) is 0 Å². The number of rotatable bonds is 5. The summed E-state index contributed by atoms with van der Waals surface area (Å²) in [6, 6.07) is 6.97. The van der Waals surface area contributed by atoms with Gasteiger partial charge >= 0.3 is 0 Å². The first-order valence-corrected chi connectivity index (χ1v) is 6.93. The first kappa shape index (κ1) is 13.9. The zero-order chi connectivity index (χ0) is 13.7. The Morgan fingerprint density at radius 2 is 1.79 bits per heavy atom. The fourth-order valence-corrected chi connectivity index (χ4v) is 2.73. The maximum absolute atomic E-state index is 11.0. The Morgan fingerprint density at radius 1 is 1.16 bits per heavy atom. The fourth-order valence-electron chi connectivity index (χ4n) is 2.73. The van der Waals surface area contributed by atoms with Gasteiger partial charge in [0.15, 0.2) is 0 Å². The van der Waals surface area contributed by atoms with Gasteiger partial charge in [-0.05, 0) is 55.5 Å². The number of hydrogen-bond donors (Lipinski definition) is 2. The number of ether oxygens (including phenoxy) is 1. The molecule has 0 heterocycles. The molecule has 1 amide bonds. The molecule has 1 saturated carbocycles. The Balaban J connectivity index is 1.88. The molecule has 2 atom stereocenters. The van der Waals surface area contributed by atoms with Crippen molar-refractivity contribution in [2.45, 2.75) is 25.7 Å². The topological polar surface area (TPSA) is 78.3 Å². The maximum atomic E-state index is 11.0. The summed E-state index contributed by atoms with van der Waals surface area (Å²) in [5, 5.41) is 0. The van der Waals surface area contributed by atoms with Crippen LogP contribution in [0.3, 0.4) is 0 Å². The van der Waals surface area contributed by atoms with Crippen LogP contribution in [-0.4, -0.2) is 19.1 Å². The van der Waals surface area contributed by atoms with E-state index in [2.05, 4.69) is 0 Å². The van der Waals surface area contributed by atoms with E-state index >= 15 is 0 Å². The molecule has 1 aliphatic rings. The van der Waals surface area contributed by atoms with E-state index < -0.39 is 5.91 Å². The molecule has 0 radical (unpaired) electrons. The summed E-state index contributed by atoms with van der Waals surface area (Å²) in [6.07, 6.45) is 4.96. The minimum Gasteiger partial charge on any atom is -0.493 e. The predicted octanol–water partition coefficient (Wildman–Crippen LogP) is 1.93. The molecule has 2 unspecified atom stereocenters. The van der Waals surface area contributed by atoms with Gasteiger partial charge in [0.2, 0.25) is 5.91 Å². The molecule has 1 aromatic rings. The van der Waals surface area contributed by atoms with E-state index in [-0.39, 0.29) is 0 Å². The molecule has 104 valence electrons. The summed E-state index contributed by atoms with van der Waals surface area (Å²) >= 11 is 0. The lowest BCUT2D eigenvalue weighted by molar-refractivity contribution is 0.1000. The Hall–Kier alpha value is -1.55. The number of hydrogen-bond acceptors (Lipinski definition) is 3. The van der Waals surface area contributed by atoms with Gasteiger partial charge in [-0.2, -0.15) is 0 Å². The lowest BCUT2D eigenvalue weighted by Crippen LogP contribution is -2.30. The highest BCUT2D eigenvalue weighted by molar-refractivity contribution is 5.92. The normalized spacial score (nSPS) is 23.0. The number of nitrogens with two attached hydrogens (primary N) is 2. The van der Waals surface area contributed by atoms with E-state index in [1.165, 1.54) is 25.7 Å². The highest BCUT2D eigenvalue weighted by atomic mass is 16.5. The minimum atomic E-state index is -0.415. The van der Waals surface area contributed by atoms with E-state index in [0.29, 0.717) is 24.0 Å². The lowest BCUT2D eigenvalue weighted by Gasteiger charge is -2.30. The van der Waals surface area contributed by atoms with Crippen LogP contribution in [0.2, 0.25) is 0 Å². The van der Waals surface area contributed by atoms with Crippen molar-refractivity contribution in [1.82, 2.24) is 0 Å². The van der Waals surface area contributed by atoms with Crippen molar-refractivity contribution in [3.63, 3.8) is 0 Å². The number of carbonyl (C=O) groups excluding carboxylic acids is 1. The molecule has 0 bridgehead atoms. The highest BCUT2D eigenvalue weighted by Gasteiger charge is 2.24. The standard InChI is InChI=1S/C15H22N2O2/c16-9-12-3-1-2-4-13(12)10-19-14-7-5-11(6-8-14)15(17)18/h5-8,12-13H,1-4,9-10,16H2,(H2,17,18). The molecular weight excluding hydrogens is 240 g/mol. The molecule has 0 saturated heterocycles. The van der Waals surface area contributed by atoms with Crippen LogP contribution in [0.4, 0.5) is 0 Å². The number of benzene rings is 1. The molecule has 2 rings (SSSR count). The van der Waals surface area contributed by atoms with E-state index in [4.69, 9.17) is 16.2 Å². The van der Waals surface area contributed by atoms with Gasteiger partial charge in [-0.15, -0.1) is 0 Å². The van der Waals surface area contributed by atoms with Crippen molar-refractivity contribution in [2.24, 2.45) is 23.3 Å². The van der Waals surface area contributed by atoms with Crippen LogP contribution in [0, 0.1) is 11.8 Å². The third kappa shape index (κ3) is 3.70. The van der Waals surface area contributed by atoms with Gasteiger partial charge < -0.3 is 16.2 Å². The molecule has 4 nitrogen and oxygen atoms in total. The number of carbonyl (C=O) groups is 1. The van der Waals surface area contributed by atoms with Gasteiger partial charge in [-0.25, -0.2) is 0 Å². The molecule has 1 aromatic carbocycles. The summed E-state index contributed by atoms with van der Waals surface area (Å²) < 4.78 is 5.80. The molecule has 0 spiro atoms. The van der Waals surface area contributed by atoms with E-state index in [9.17, 15) is 4.79 Å². The van der Waals surface area contributed by atoms with E-state index in [1.807, 2.05) is 0 Å². The van der Waals surface area contributed by atoms with Gasteiger partial charge in [0.05, 0.1) is 6.61 Å². The van der Waals surface area contributed by atoms with Crippen molar-refractivity contribution < 1.29 is 9.53 Å². The second-order valence-corrected chi connectivity index (χ2v) is 5.24. The third-order valence-corrected chi connectivity index (χ3v) is 3.97. The Labute approximate surface area is 114 Å². The van der Waals surface area contributed by atoms with Crippen LogP contribution in [0.5, 0.6) is 5.75 Å². The number of primary amides is 1. The van der Waals surface area contributed by atoms with Gasteiger partial charge in [0, 0.05) is 5.56 Å². The first-order valence-electron chi connectivity index (χ1n) is 6.93. The van der Waals surface area contributed by atoms with Crippen LogP contribution in [0.25, 0.3) is 0 Å². The van der Waals surface area contributed by atoms with Crippen molar-refractivity contribution in [3.8, 4) is 5.75 Å². The smallest absolute Gasteiger partial charge is 0.248 e. The zero-order valence-corrected chi connectivity index (χ0v) is 11.2. The van der Waals surface area contributed by atoms with Crippen molar-refractivity contribution in [2.75, 3.05) is 13.2 Å². The third-order valence-electron chi connectivity index (χ3n) is 3.97. The Kier molecular flexibility index (Phi) is 4.80. The molecule has 1 fully saturated rings. The maximum Gasteiger partial charge on any atom is 0.248 e. The van der Waals surface area contributed by atoms with Gasteiger partial charge in [-0.1, -0.05) is 12.8 Å². The largest absolute Gasteiger partial charge is 0.493 e. The average Bonchev–Trinajstić information content (AvgIpc) is 2.45. The SMILES string of the molecule is NCC1CCCCC1COc1ccc(C(N)=O)cc1. The summed E-state index contributed by atoms with van der Waals surface area (Å²) in [5.74, 6) is 1.50. The lowest BCUT2D eigenvalue weighted by atomic mass is 9.80. The molecule has 1 aliphatic carbocycles. The van der Waals surface area contributed by atoms with Gasteiger partial charge in [0.1, 0.15) is 5.75 Å². The first-order chi connectivity index (χ1) is 9.20. The molecule has 0 aliphatic heterocycles. The second-order valence-electron chi connectivity index (χ2n) is 5.24. The van der Waals surface area contributed by atoms with E-state index in [0.717, 1.165) is 12.3 Å². The van der Waals surface area contributed by atoms with Gasteiger partial charge in [0.25, 0.3) is 0 Å². The monoisotopic (exact) mass is 262 g/mol. The molecule has 0 aromatic heterocycles. The second kappa shape index (κ2) is 6.57. The number of amides is 1. The average molecular weight is 262 g/mol. The van der Waals surface area contributed by atoms with Gasteiger partial charge in [-0.3, -0.25) is 4.79 Å². The van der Waals surface area contributed by atoms with Crippen LogP contribution in [0.1, 0.15) is 36.0 Å². The zero-order valence-electron chi connectivity index (χ0n) is 11.2. The summed E-state index contributed by atoms with van der Waals surface area (Å²) in [4.78, 5) is 11.0. The summed E-state index contributed by atoms with van der Waals surface area (Å²) in [7, 11) is 0. The van der Waals surface area contributed by atoms with Crippen LogP contribution < -0.4 is 16.2 Å². The van der Waals surface area contributed by atoms with Crippen molar-refractivity contribution in [1.29, 1.82) is 0 Å². The van der Waals surface area contributed by atoms with Crippen LogP contribution in [0.15, 0.2) is 24.3 Å².